The molecular formula is C20H16N6O. The summed E-state index contributed by atoms with van der Waals surface area (Å²) < 4.78 is 8.87. The van der Waals surface area contributed by atoms with Gasteiger partial charge in [0.1, 0.15) is 11.3 Å². The molecule has 0 bridgehead atoms. The Bertz CT molecular complexity index is 1270. The molecule has 0 radical (unpaired) electrons. The maximum Gasteiger partial charge on any atom is 0.272 e. The van der Waals surface area contributed by atoms with Gasteiger partial charge in [-0.25, -0.2) is 4.68 Å². The van der Waals surface area contributed by atoms with Gasteiger partial charge in [-0.05, 0) is 23.8 Å². The second-order valence-electron chi connectivity index (χ2n) is 6.26. The van der Waals surface area contributed by atoms with Crippen molar-refractivity contribution in [2.75, 3.05) is 7.11 Å². The zero-order chi connectivity index (χ0) is 18.4. The summed E-state index contributed by atoms with van der Waals surface area (Å²) in [6, 6.07) is 15.9. The van der Waals surface area contributed by atoms with Gasteiger partial charge >= 0.3 is 0 Å². The standard InChI is InChI=1S/C20H16N6O/c1-25-17-6-4-3-5-16(17)18-19(25)22-20(24-23-18)26-12-14(11-21-26)13-7-9-15(27-2)10-8-13/h3-12H,1-2H3. The summed E-state index contributed by atoms with van der Waals surface area (Å²) in [5, 5.41) is 14.1. The van der Waals surface area contributed by atoms with E-state index in [2.05, 4.69) is 20.3 Å². The van der Waals surface area contributed by atoms with Crippen LogP contribution in [0.1, 0.15) is 0 Å². The van der Waals surface area contributed by atoms with E-state index in [0.29, 0.717) is 5.95 Å². The molecule has 132 valence electrons. The van der Waals surface area contributed by atoms with Gasteiger partial charge < -0.3 is 9.30 Å². The highest BCUT2D eigenvalue weighted by atomic mass is 16.5. The Labute approximate surface area is 154 Å². The number of aromatic nitrogens is 6. The van der Waals surface area contributed by atoms with E-state index in [1.165, 1.54) is 0 Å². The average Bonchev–Trinajstić information content (AvgIpc) is 3.32. The Kier molecular flexibility index (Phi) is 3.39. The molecule has 5 aromatic rings. The van der Waals surface area contributed by atoms with Crippen LogP contribution in [0.25, 0.3) is 39.1 Å². The van der Waals surface area contributed by atoms with E-state index in [-0.39, 0.29) is 0 Å². The van der Waals surface area contributed by atoms with Crippen LogP contribution in [0.4, 0.5) is 0 Å². The van der Waals surface area contributed by atoms with Crippen LogP contribution in [0.5, 0.6) is 5.75 Å². The molecule has 0 aliphatic carbocycles. The highest BCUT2D eigenvalue weighted by molar-refractivity contribution is 6.03. The first kappa shape index (κ1) is 15.5. The predicted octanol–water partition coefficient (Wildman–Crippen LogP) is 3.38. The highest BCUT2D eigenvalue weighted by Gasteiger charge is 2.13. The van der Waals surface area contributed by atoms with Crippen molar-refractivity contribution >= 4 is 22.1 Å². The van der Waals surface area contributed by atoms with Crippen molar-refractivity contribution < 1.29 is 4.74 Å². The number of rotatable bonds is 3. The Morgan fingerprint density at radius 3 is 2.56 bits per heavy atom. The van der Waals surface area contributed by atoms with E-state index in [1.807, 2.05) is 66.3 Å². The van der Waals surface area contributed by atoms with E-state index in [4.69, 9.17) is 4.74 Å². The lowest BCUT2D eigenvalue weighted by atomic mass is 10.1. The Morgan fingerprint density at radius 2 is 1.74 bits per heavy atom. The molecule has 3 heterocycles. The summed E-state index contributed by atoms with van der Waals surface area (Å²) in [6.45, 7) is 0. The second-order valence-corrected chi connectivity index (χ2v) is 6.26. The third kappa shape index (κ3) is 2.43. The van der Waals surface area contributed by atoms with Gasteiger partial charge in [0.25, 0.3) is 5.95 Å². The smallest absolute Gasteiger partial charge is 0.272 e. The number of fused-ring (bicyclic) bond motifs is 3. The molecule has 0 fully saturated rings. The zero-order valence-corrected chi connectivity index (χ0v) is 14.9. The molecule has 0 saturated carbocycles. The number of ether oxygens (including phenoxy) is 1. The van der Waals surface area contributed by atoms with Gasteiger partial charge in [0.15, 0.2) is 5.65 Å². The molecule has 0 saturated heterocycles. The average molecular weight is 356 g/mol. The summed E-state index contributed by atoms with van der Waals surface area (Å²) >= 11 is 0. The van der Waals surface area contributed by atoms with Gasteiger partial charge in [-0.2, -0.15) is 10.1 Å². The minimum atomic E-state index is 0.438. The van der Waals surface area contributed by atoms with Crippen molar-refractivity contribution in [2.24, 2.45) is 7.05 Å². The molecule has 3 aromatic heterocycles. The van der Waals surface area contributed by atoms with Crippen LogP contribution in [-0.2, 0) is 7.05 Å². The fourth-order valence-corrected chi connectivity index (χ4v) is 3.26. The maximum atomic E-state index is 5.21. The number of aryl methyl sites for hydroxylation is 1. The third-order valence-corrected chi connectivity index (χ3v) is 4.71. The minimum absolute atomic E-state index is 0.438. The first-order valence-corrected chi connectivity index (χ1v) is 8.52. The molecule has 0 spiro atoms. The van der Waals surface area contributed by atoms with Gasteiger partial charge in [-0.3, -0.25) is 0 Å². The van der Waals surface area contributed by atoms with Crippen molar-refractivity contribution in [3.63, 3.8) is 0 Å². The number of hydrogen-bond donors (Lipinski definition) is 0. The lowest BCUT2D eigenvalue weighted by molar-refractivity contribution is 0.415. The summed E-state index contributed by atoms with van der Waals surface area (Å²) in [5.74, 6) is 1.26. The number of benzene rings is 2. The van der Waals surface area contributed by atoms with Gasteiger partial charge in [-0.15, -0.1) is 10.2 Å². The van der Waals surface area contributed by atoms with Crippen LogP contribution in [-0.4, -0.2) is 36.6 Å². The summed E-state index contributed by atoms with van der Waals surface area (Å²) in [7, 11) is 3.63. The molecule has 0 atom stereocenters. The molecule has 0 amide bonds. The first-order chi connectivity index (χ1) is 13.2. The molecule has 2 aromatic carbocycles. The molecular weight excluding hydrogens is 340 g/mol. The Morgan fingerprint density at radius 1 is 0.926 bits per heavy atom. The van der Waals surface area contributed by atoms with Crippen LogP contribution in [0.2, 0.25) is 0 Å². The molecule has 7 nitrogen and oxygen atoms in total. The Hall–Kier alpha value is -3.74. The normalized spacial score (nSPS) is 11.3. The monoisotopic (exact) mass is 356 g/mol. The van der Waals surface area contributed by atoms with Crippen LogP contribution in [0.3, 0.4) is 0 Å². The molecule has 5 rings (SSSR count). The molecule has 0 unspecified atom stereocenters. The van der Waals surface area contributed by atoms with Gasteiger partial charge in [0.2, 0.25) is 0 Å². The first-order valence-electron chi connectivity index (χ1n) is 8.52. The van der Waals surface area contributed by atoms with Crippen LogP contribution in [0.15, 0.2) is 60.9 Å². The molecule has 0 N–H and O–H groups in total. The molecule has 27 heavy (non-hydrogen) atoms. The fourth-order valence-electron chi connectivity index (χ4n) is 3.26. The lowest BCUT2D eigenvalue weighted by Crippen LogP contribution is -2.04. The predicted molar refractivity (Wildman–Crippen MR) is 103 cm³/mol. The quantitative estimate of drug-likeness (QED) is 0.496. The summed E-state index contributed by atoms with van der Waals surface area (Å²) in [5.41, 5.74) is 4.66. The van der Waals surface area contributed by atoms with E-state index in [0.717, 1.165) is 38.9 Å². The van der Waals surface area contributed by atoms with E-state index in [1.54, 1.807) is 18.0 Å². The number of para-hydroxylation sites is 1. The fraction of sp³-hybridized carbons (Fsp3) is 0.100. The van der Waals surface area contributed by atoms with Crippen molar-refractivity contribution in [1.82, 2.24) is 29.5 Å². The van der Waals surface area contributed by atoms with Crippen molar-refractivity contribution in [1.29, 1.82) is 0 Å². The van der Waals surface area contributed by atoms with Crippen molar-refractivity contribution in [2.45, 2.75) is 0 Å². The Balaban J connectivity index is 1.58. The minimum Gasteiger partial charge on any atom is -0.497 e. The lowest BCUT2D eigenvalue weighted by Gasteiger charge is -2.01. The maximum absolute atomic E-state index is 5.21. The molecule has 0 aliphatic rings. The largest absolute Gasteiger partial charge is 0.497 e. The van der Waals surface area contributed by atoms with E-state index < -0.39 is 0 Å². The number of methoxy groups -OCH3 is 1. The SMILES string of the molecule is COc1ccc(-c2cnn(-c3nnc4c5ccccc5n(C)c4n3)c2)cc1. The van der Waals surface area contributed by atoms with Crippen LogP contribution in [0, 0.1) is 0 Å². The van der Waals surface area contributed by atoms with Crippen LogP contribution >= 0.6 is 0 Å². The van der Waals surface area contributed by atoms with Crippen molar-refractivity contribution in [3.05, 3.63) is 60.9 Å². The molecule has 0 aliphatic heterocycles. The summed E-state index contributed by atoms with van der Waals surface area (Å²) in [4.78, 5) is 4.69. The third-order valence-electron chi connectivity index (χ3n) is 4.71. The topological polar surface area (TPSA) is 70.7 Å². The summed E-state index contributed by atoms with van der Waals surface area (Å²) in [6.07, 6.45) is 3.68. The molecule has 7 heteroatoms. The van der Waals surface area contributed by atoms with Crippen molar-refractivity contribution in [3.8, 4) is 22.8 Å². The van der Waals surface area contributed by atoms with Gasteiger partial charge in [-0.1, -0.05) is 30.3 Å². The van der Waals surface area contributed by atoms with E-state index >= 15 is 0 Å². The highest BCUT2D eigenvalue weighted by Crippen LogP contribution is 2.25. The van der Waals surface area contributed by atoms with Crippen LogP contribution < -0.4 is 4.74 Å². The van der Waals surface area contributed by atoms with E-state index in [9.17, 15) is 0 Å². The van der Waals surface area contributed by atoms with Gasteiger partial charge in [0.05, 0.1) is 18.8 Å². The number of hydrogen-bond acceptors (Lipinski definition) is 5. The second kappa shape index (κ2) is 5.91. The van der Waals surface area contributed by atoms with Gasteiger partial charge in [0, 0.05) is 24.2 Å². The number of nitrogens with zero attached hydrogens (tertiary/aromatic N) is 6. The zero-order valence-electron chi connectivity index (χ0n) is 14.9.